The third-order valence-electron chi connectivity index (χ3n) is 4.40. The van der Waals surface area contributed by atoms with Crippen molar-refractivity contribution in [3.8, 4) is 11.1 Å². The van der Waals surface area contributed by atoms with Gasteiger partial charge in [-0.1, -0.05) is 30.1 Å². The van der Waals surface area contributed by atoms with Gasteiger partial charge < -0.3 is 4.98 Å². The second kappa shape index (κ2) is 6.45. The Morgan fingerprint density at radius 2 is 2.04 bits per heavy atom. The summed E-state index contributed by atoms with van der Waals surface area (Å²) >= 11 is 14.1. The number of H-pyrrole nitrogens is 1. The van der Waals surface area contributed by atoms with Gasteiger partial charge in [-0.2, -0.15) is 11.3 Å². The van der Waals surface area contributed by atoms with Gasteiger partial charge in [0.2, 0.25) is 0 Å². The average Bonchev–Trinajstić information content (AvgIpc) is 3.27. The van der Waals surface area contributed by atoms with E-state index in [1.807, 2.05) is 24.7 Å². The SMILES string of the molecule is CC(c1c(Cl)ccc(F)c1Cl)c1c[nH]c2ncc(-c3ccsc3)cc12. The van der Waals surface area contributed by atoms with Crippen LogP contribution in [0.15, 0.2) is 47.4 Å². The van der Waals surface area contributed by atoms with E-state index in [2.05, 4.69) is 27.5 Å². The normalized spacial score (nSPS) is 12.6. The van der Waals surface area contributed by atoms with Crippen molar-refractivity contribution in [2.45, 2.75) is 12.8 Å². The van der Waals surface area contributed by atoms with Gasteiger partial charge in [-0.25, -0.2) is 9.37 Å². The molecule has 1 N–H and O–H groups in total. The number of thiophene rings is 1. The Morgan fingerprint density at radius 1 is 1.20 bits per heavy atom. The molecule has 25 heavy (non-hydrogen) atoms. The highest BCUT2D eigenvalue weighted by Crippen LogP contribution is 2.39. The Labute approximate surface area is 158 Å². The highest BCUT2D eigenvalue weighted by molar-refractivity contribution is 7.08. The lowest BCUT2D eigenvalue weighted by Crippen LogP contribution is -1.99. The molecular weight excluding hydrogens is 378 g/mol. The molecule has 0 aliphatic heterocycles. The van der Waals surface area contributed by atoms with Crippen molar-refractivity contribution in [1.29, 1.82) is 0 Å². The van der Waals surface area contributed by atoms with Crippen molar-refractivity contribution in [1.82, 2.24) is 9.97 Å². The van der Waals surface area contributed by atoms with Gasteiger partial charge in [-0.3, -0.25) is 0 Å². The third kappa shape index (κ3) is 2.84. The molecule has 3 aromatic heterocycles. The summed E-state index contributed by atoms with van der Waals surface area (Å²) in [6.07, 6.45) is 3.73. The van der Waals surface area contributed by atoms with E-state index in [1.165, 1.54) is 6.07 Å². The minimum atomic E-state index is -0.468. The van der Waals surface area contributed by atoms with E-state index >= 15 is 0 Å². The molecule has 126 valence electrons. The largest absolute Gasteiger partial charge is 0.346 e. The van der Waals surface area contributed by atoms with E-state index in [0.717, 1.165) is 27.7 Å². The molecular formula is C19H13Cl2FN2S. The summed E-state index contributed by atoms with van der Waals surface area (Å²) < 4.78 is 13.9. The molecule has 0 saturated heterocycles. The van der Waals surface area contributed by atoms with Crippen LogP contribution in [0.4, 0.5) is 4.39 Å². The quantitative estimate of drug-likeness (QED) is 0.379. The fraction of sp³-hybridized carbons (Fsp3) is 0.105. The molecule has 4 rings (SSSR count). The maximum Gasteiger partial charge on any atom is 0.142 e. The van der Waals surface area contributed by atoms with Crippen LogP contribution in [0.3, 0.4) is 0 Å². The van der Waals surface area contributed by atoms with E-state index in [9.17, 15) is 4.39 Å². The molecule has 0 aliphatic rings. The topological polar surface area (TPSA) is 28.7 Å². The van der Waals surface area contributed by atoms with Crippen LogP contribution in [-0.4, -0.2) is 9.97 Å². The lowest BCUT2D eigenvalue weighted by atomic mass is 9.92. The summed E-state index contributed by atoms with van der Waals surface area (Å²) in [4.78, 5) is 7.68. The molecule has 0 amide bonds. The van der Waals surface area contributed by atoms with Crippen molar-refractivity contribution in [3.63, 3.8) is 0 Å². The Morgan fingerprint density at radius 3 is 2.80 bits per heavy atom. The first-order valence-electron chi connectivity index (χ1n) is 7.69. The predicted octanol–water partition coefficient (Wildman–Crippen LogP) is 6.89. The smallest absolute Gasteiger partial charge is 0.142 e. The van der Waals surface area contributed by atoms with Crippen LogP contribution >= 0.6 is 34.5 Å². The van der Waals surface area contributed by atoms with E-state index < -0.39 is 5.82 Å². The molecule has 0 aliphatic carbocycles. The molecule has 6 heteroatoms. The number of pyridine rings is 1. The summed E-state index contributed by atoms with van der Waals surface area (Å²) in [5, 5.41) is 5.62. The zero-order valence-electron chi connectivity index (χ0n) is 13.2. The lowest BCUT2D eigenvalue weighted by Gasteiger charge is -2.15. The Balaban J connectivity index is 1.87. The summed E-state index contributed by atoms with van der Waals surface area (Å²) in [5.74, 6) is -0.645. The number of nitrogens with one attached hydrogen (secondary N) is 1. The van der Waals surface area contributed by atoms with Crippen LogP contribution < -0.4 is 0 Å². The molecule has 2 nitrogen and oxygen atoms in total. The molecule has 1 unspecified atom stereocenters. The van der Waals surface area contributed by atoms with Crippen LogP contribution in [0.2, 0.25) is 10.0 Å². The number of fused-ring (bicyclic) bond motifs is 1. The van der Waals surface area contributed by atoms with Gasteiger partial charge >= 0.3 is 0 Å². The fourth-order valence-corrected chi connectivity index (χ4v) is 4.43. The standard InChI is InChI=1S/C19H13Cl2FN2S/c1-10(17-15(20)2-3-16(22)18(17)21)14-8-24-19-13(14)6-12(7-23-19)11-4-5-25-9-11/h2-10H,1H3,(H,23,24). The number of hydrogen-bond donors (Lipinski definition) is 1. The number of rotatable bonds is 3. The Kier molecular flexibility index (Phi) is 4.28. The molecule has 1 atom stereocenters. The zero-order valence-corrected chi connectivity index (χ0v) is 15.5. The van der Waals surface area contributed by atoms with Gasteiger partial charge in [0.05, 0.1) is 5.02 Å². The summed E-state index contributed by atoms with van der Waals surface area (Å²) in [6, 6.07) is 6.97. The number of aromatic nitrogens is 2. The van der Waals surface area contributed by atoms with Gasteiger partial charge in [0.15, 0.2) is 0 Å². The number of benzene rings is 1. The average molecular weight is 391 g/mol. The van der Waals surface area contributed by atoms with E-state index in [0.29, 0.717) is 10.6 Å². The van der Waals surface area contributed by atoms with Crippen LogP contribution in [0.25, 0.3) is 22.2 Å². The highest BCUT2D eigenvalue weighted by Gasteiger charge is 2.21. The van der Waals surface area contributed by atoms with Crippen LogP contribution in [0.1, 0.15) is 24.0 Å². The first-order chi connectivity index (χ1) is 12.1. The fourth-order valence-electron chi connectivity index (χ4n) is 3.06. The van der Waals surface area contributed by atoms with Gasteiger partial charge in [0.1, 0.15) is 11.5 Å². The number of nitrogens with zero attached hydrogens (tertiary/aromatic N) is 1. The van der Waals surface area contributed by atoms with Gasteiger partial charge in [0, 0.05) is 34.3 Å². The zero-order chi connectivity index (χ0) is 17.6. The molecule has 1 aromatic carbocycles. The van der Waals surface area contributed by atoms with Crippen molar-refractivity contribution >= 4 is 45.6 Å². The maximum absolute atomic E-state index is 13.9. The predicted molar refractivity (Wildman–Crippen MR) is 103 cm³/mol. The van der Waals surface area contributed by atoms with Gasteiger partial charge in [-0.15, -0.1) is 0 Å². The molecule has 3 heterocycles. The molecule has 0 saturated carbocycles. The minimum Gasteiger partial charge on any atom is -0.346 e. The van der Waals surface area contributed by atoms with Gasteiger partial charge in [0.25, 0.3) is 0 Å². The first kappa shape index (κ1) is 16.6. The molecule has 0 spiro atoms. The van der Waals surface area contributed by atoms with E-state index in [-0.39, 0.29) is 10.9 Å². The van der Waals surface area contributed by atoms with Gasteiger partial charge in [-0.05, 0) is 51.7 Å². The Bertz CT molecular complexity index is 1060. The number of aromatic amines is 1. The molecule has 0 bridgehead atoms. The van der Waals surface area contributed by atoms with E-state index in [1.54, 1.807) is 17.4 Å². The second-order valence-corrected chi connectivity index (χ2v) is 7.42. The minimum absolute atomic E-state index is 0.0660. The van der Waals surface area contributed by atoms with Crippen molar-refractivity contribution in [2.75, 3.05) is 0 Å². The van der Waals surface area contributed by atoms with Crippen LogP contribution in [0, 0.1) is 5.82 Å². The van der Waals surface area contributed by atoms with Crippen LogP contribution in [-0.2, 0) is 0 Å². The molecule has 0 fully saturated rings. The molecule has 4 aromatic rings. The van der Waals surface area contributed by atoms with Crippen molar-refractivity contribution in [3.05, 3.63) is 74.4 Å². The van der Waals surface area contributed by atoms with Crippen molar-refractivity contribution < 1.29 is 4.39 Å². The van der Waals surface area contributed by atoms with E-state index in [4.69, 9.17) is 23.2 Å². The lowest BCUT2D eigenvalue weighted by molar-refractivity contribution is 0.625. The third-order valence-corrected chi connectivity index (χ3v) is 5.79. The number of hydrogen-bond acceptors (Lipinski definition) is 2. The molecule has 0 radical (unpaired) electrons. The first-order valence-corrected chi connectivity index (χ1v) is 9.39. The monoisotopic (exact) mass is 390 g/mol. The van der Waals surface area contributed by atoms with Crippen LogP contribution in [0.5, 0.6) is 0 Å². The number of halogens is 3. The second-order valence-electron chi connectivity index (χ2n) is 5.85. The Hall–Kier alpha value is -1.88. The summed E-state index contributed by atoms with van der Waals surface area (Å²) in [7, 11) is 0. The summed E-state index contributed by atoms with van der Waals surface area (Å²) in [5.41, 5.74) is 4.52. The summed E-state index contributed by atoms with van der Waals surface area (Å²) in [6.45, 7) is 1.96. The maximum atomic E-state index is 13.9. The highest BCUT2D eigenvalue weighted by atomic mass is 35.5. The van der Waals surface area contributed by atoms with Crippen molar-refractivity contribution in [2.24, 2.45) is 0 Å².